The Morgan fingerprint density at radius 2 is 0.786 bits per heavy atom. The quantitative estimate of drug-likeness (QED) is 0.459. The molecule has 0 aliphatic rings. The molecular formula is C9H15BiO4. The molecule has 14 heavy (non-hydrogen) atoms. The van der Waals surface area contributed by atoms with Gasteiger partial charge in [0.1, 0.15) is 0 Å². The van der Waals surface area contributed by atoms with E-state index in [2.05, 4.69) is 0 Å². The molecule has 0 atom stereocenters. The molecule has 0 aromatic heterocycles. The zero-order valence-corrected chi connectivity index (χ0v) is 14.3. The van der Waals surface area contributed by atoms with Crippen LogP contribution >= 0.6 is 0 Å². The normalized spacial score (nSPS) is 10.0. The van der Waals surface area contributed by atoms with E-state index in [0.29, 0.717) is 0 Å². The standard InChI is InChI=1S/C9H12O4.Bi.3H/c1-5(10)9(6(2)11,7(3)12)8(4)13;;;;/h1-4H3;;;;. The van der Waals surface area contributed by atoms with Crippen LogP contribution in [0.5, 0.6) is 0 Å². The second kappa shape index (κ2) is 5.45. The van der Waals surface area contributed by atoms with Gasteiger partial charge in [-0.1, -0.05) is 0 Å². The summed E-state index contributed by atoms with van der Waals surface area (Å²) in [6.07, 6.45) is 0. The van der Waals surface area contributed by atoms with Gasteiger partial charge in [-0.05, 0) is 27.7 Å². The molecule has 0 amide bonds. The fourth-order valence-electron chi connectivity index (χ4n) is 1.49. The number of ketones is 4. The van der Waals surface area contributed by atoms with E-state index in [1.807, 2.05) is 0 Å². The van der Waals surface area contributed by atoms with E-state index < -0.39 is 28.5 Å². The first-order valence-corrected chi connectivity index (χ1v) is 3.82. The molecule has 0 spiro atoms. The van der Waals surface area contributed by atoms with Gasteiger partial charge in [0.2, 0.25) is 5.41 Å². The Kier molecular flexibility index (Phi) is 6.23. The molecule has 0 radical (unpaired) electrons. The molecule has 80 valence electrons. The van der Waals surface area contributed by atoms with Crippen molar-refractivity contribution in [2.24, 2.45) is 5.41 Å². The molecule has 0 fully saturated rings. The van der Waals surface area contributed by atoms with Crippen LogP contribution in [0.15, 0.2) is 0 Å². The first-order chi connectivity index (χ1) is 5.77. The van der Waals surface area contributed by atoms with E-state index in [-0.39, 0.29) is 26.2 Å². The molecule has 0 heterocycles. The second-order valence-corrected chi connectivity index (χ2v) is 2.97. The summed E-state index contributed by atoms with van der Waals surface area (Å²) in [5.41, 5.74) is -2.06. The second-order valence-electron chi connectivity index (χ2n) is 2.97. The Balaban J connectivity index is 0. The molecule has 0 rings (SSSR count). The van der Waals surface area contributed by atoms with E-state index in [1.54, 1.807) is 0 Å². The van der Waals surface area contributed by atoms with E-state index in [0.717, 1.165) is 27.7 Å². The van der Waals surface area contributed by atoms with Gasteiger partial charge in [0.05, 0.1) is 0 Å². The molecule has 0 unspecified atom stereocenters. The summed E-state index contributed by atoms with van der Waals surface area (Å²) in [5, 5.41) is 0. The minimum absolute atomic E-state index is 0. The Morgan fingerprint density at radius 3 is 0.786 bits per heavy atom. The molecule has 5 heteroatoms. The number of rotatable bonds is 4. The molecule has 0 aliphatic heterocycles. The maximum atomic E-state index is 11.1. The molecule has 0 aromatic rings. The third kappa shape index (κ3) is 2.32. The van der Waals surface area contributed by atoms with Crippen LogP contribution in [-0.2, 0) is 19.2 Å². The predicted molar refractivity (Wildman–Crippen MR) is 55.1 cm³/mol. The van der Waals surface area contributed by atoms with Crippen LogP contribution in [-0.4, -0.2) is 49.3 Å². The van der Waals surface area contributed by atoms with Gasteiger partial charge in [-0.2, -0.15) is 0 Å². The van der Waals surface area contributed by atoms with Gasteiger partial charge in [0, 0.05) is 0 Å². The van der Waals surface area contributed by atoms with Crippen molar-refractivity contribution in [3.05, 3.63) is 0 Å². The first kappa shape index (κ1) is 16.0. The van der Waals surface area contributed by atoms with Crippen LogP contribution < -0.4 is 0 Å². The third-order valence-electron chi connectivity index (χ3n) is 2.11. The zero-order valence-electron chi connectivity index (χ0n) is 8.84. The monoisotopic (exact) mass is 396 g/mol. The molecule has 4 nitrogen and oxygen atoms in total. The fraction of sp³-hybridized carbons (Fsp3) is 0.556. The minimum atomic E-state index is -2.06. The van der Waals surface area contributed by atoms with Gasteiger partial charge in [-0.3, -0.25) is 19.2 Å². The van der Waals surface area contributed by atoms with Crippen LogP contribution in [0.1, 0.15) is 27.7 Å². The van der Waals surface area contributed by atoms with Gasteiger partial charge >= 0.3 is 26.2 Å². The van der Waals surface area contributed by atoms with Gasteiger partial charge in [-0.25, -0.2) is 0 Å². The Labute approximate surface area is 102 Å². The Hall–Kier alpha value is -0.437. The van der Waals surface area contributed by atoms with Crippen molar-refractivity contribution < 1.29 is 19.2 Å². The summed E-state index contributed by atoms with van der Waals surface area (Å²) in [6, 6.07) is 0. The topological polar surface area (TPSA) is 68.3 Å². The first-order valence-electron chi connectivity index (χ1n) is 3.82. The summed E-state index contributed by atoms with van der Waals surface area (Å²) in [5.74, 6) is -2.83. The summed E-state index contributed by atoms with van der Waals surface area (Å²) in [7, 11) is 0. The van der Waals surface area contributed by atoms with Gasteiger partial charge in [0.25, 0.3) is 0 Å². The van der Waals surface area contributed by atoms with Gasteiger partial charge in [0.15, 0.2) is 23.1 Å². The van der Waals surface area contributed by atoms with Crippen molar-refractivity contribution in [2.75, 3.05) is 0 Å². The number of carbonyl (C=O) groups is 4. The van der Waals surface area contributed by atoms with E-state index in [1.165, 1.54) is 0 Å². The Bertz CT molecular complexity index is 232. The third-order valence-corrected chi connectivity index (χ3v) is 2.11. The number of hydrogen-bond donors (Lipinski definition) is 0. The summed E-state index contributed by atoms with van der Waals surface area (Å²) >= 11 is 0. The van der Waals surface area contributed by atoms with Crippen molar-refractivity contribution in [2.45, 2.75) is 27.7 Å². The average molecular weight is 396 g/mol. The number of hydrogen-bond acceptors (Lipinski definition) is 4. The van der Waals surface area contributed by atoms with Crippen molar-refractivity contribution in [3.63, 3.8) is 0 Å². The molecule has 0 aromatic carbocycles. The van der Waals surface area contributed by atoms with Crippen molar-refractivity contribution in [1.82, 2.24) is 0 Å². The van der Waals surface area contributed by atoms with Crippen LogP contribution in [0, 0.1) is 5.41 Å². The fourth-order valence-corrected chi connectivity index (χ4v) is 1.49. The van der Waals surface area contributed by atoms with Crippen LogP contribution in [0.25, 0.3) is 0 Å². The Morgan fingerprint density at radius 1 is 0.643 bits per heavy atom. The summed E-state index contributed by atoms with van der Waals surface area (Å²) in [4.78, 5) is 44.5. The predicted octanol–water partition coefficient (Wildman–Crippen LogP) is -0.855. The summed E-state index contributed by atoms with van der Waals surface area (Å²) in [6.45, 7) is 4.29. The molecule has 0 saturated carbocycles. The van der Waals surface area contributed by atoms with Crippen LogP contribution in [0.2, 0.25) is 0 Å². The van der Waals surface area contributed by atoms with Crippen molar-refractivity contribution in [3.8, 4) is 0 Å². The molecule has 0 bridgehead atoms. The molecule has 0 N–H and O–H groups in total. The molecule has 0 aliphatic carbocycles. The van der Waals surface area contributed by atoms with E-state index in [9.17, 15) is 19.2 Å². The van der Waals surface area contributed by atoms with Crippen LogP contribution in [0.3, 0.4) is 0 Å². The van der Waals surface area contributed by atoms with Crippen molar-refractivity contribution >= 4 is 49.3 Å². The average Bonchev–Trinajstić information content (AvgIpc) is 1.82. The maximum absolute atomic E-state index is 11.1. The van der Waals surface area contributed by atoms with E-state index >= 15 is 0 Å². The van der Waals surface area contributed by atoms with Crippen LogP contribution in [0.4, 0.5) is 0 Å². The molecule has 0 saturated heterocycles. The number of Topliss-reactive ketones (excluding diaryl/α,β-unsaturated/α-hetero) is 4. The zero-order chi connectivity index (χ0) is 10.8. The van der Waals surface area contributed by atoms with Gasteiger partial charge < -0.3 is 0 Å². The SMILES string of the molecule is CC(=O)C(C(C)=O)(C(C)=O)C(C)=O.[BiH3]. The van der Waals surface area contributed by atoms with Gasteiger partial charge in [-0.15, -0.1) is 0 Å². The molecular weight excluding hydrogens is 381 g/mol. The number of carbonyl (C=O) groups excluding carboxylic acids is 4. The van der Waals surface area contributed by atoms with Crippen molar-refractivity contribution in [1.29, 1.82) is 0 Å². The van der Waals surface area contributed by atoms with E-state index in [4.69, 9.17) is 0 Å². The summed E-state index contributed by atoms with van der Waals surface area (Å²) < 4.78 is 0.